The number of carbonyl (C=O) groups is 1. The smallest absolute Gasteiger partial charge is 0.303 e. The van der Waals surface area contributed by atoms with Crippen molar-refractivity contribution in [1.82, 2.24) is 0 Å². The second-order valence-electron chi connectivity index (χ2n) is 6.87. The fourth-order valence-corrected chi connectivity index (χ4v) is 2.44. The van der Waals surface area contributed by atoms with Gasteiger partial charge in [0.25, 0.3) is 0 Å². The van der Waals surface area contributed by atoms with Gasteiger partial charge in [0.2, 0.25) is 0 Å². The van der Waals surface area contributed by atoms with Crippen LogP contribution in [0.25, 0.3) is 0 Å². The maximum absolute atomic E-state index is 10.3. The summed E-state index contributed by atoms with van der Waals surface area (Å²) in [6, 6.07) is 0. The molecule has 1 N–H and O–H groups in total. The normalized spacial score (nSPS) is 16.0. The van der Waals surface area contributed by atoms with Gasteiger partial charge in [0, 0.05) is 6.42 Å². The Morgan fingerprint density at radius 1 is 0.917 bits per heavy atom. The van der Waals surface area contributed by atoms with Gasteiger partial charge in [-0.15, -0.1) is 0 Å². The maximum Gasteiger partial charge on any atom is 0.303 e. The molecule has 1 aliphatic rings. The number of epoxide rings is 1. The number of unbranched alkanes of at least 4 members (excludes halogenated alkanes) is 11. The Morgan fingerprint density at radius 2 is 1.33 bits per heavy atom. The predicted molar refractivity (Wildman–Crippen MR) is 103 cm³/mol. The van der Waals surface area contributed by atoms with Crippen LogP contribution in [0.15, 0.2) is 12.2 Å². The quantitative estimate of drug-likeness (QED) is 0.210. The number of allylic oxidation sites excluding steroid dienone is 2. The molecule has 1 rings (SSSR count). The fraction of sp³-hybridized carbons (Fsp3) is 0.857. The first-order chi connectivity index (χ1) is 11.7. The van der Waals surface area contributed by atoms with Crippen LogP contribution in [0.3, 0.4) is 0 Å². The van der Waals surface area contributed by atoms with Gasteiger partial charge < -0.3 is 9.84 Å². The summed E-state index contributed by atoms with van der Waals surface area (Å²) in [4.78, 5) is 10.3. The van der Waals surface area contributed by atoms with Crippen molar-refractivity contribution >= 4 is 5.97 Å². The zero-order valence-electron chi connectivity index (χ0n) is 16.1. The number of rotatable bonds is 15. The molecule has 3 heteroatoms. The summed E-state index contributed by atoms with van der Waals surface area (Å²) in [5, 5.41) is 8.51. The molecule has 1 saturated heterocycles. The Morgan fingerprint density at radius 3 is 1.75 bits per heavy atom. The average molecular weight is 341 g/mol. The zero-order valence-corrected chi connectivity index (χ0v) is 16.1. The minimum Gasteiger partial charge on any atom is -0.481 e. The second-order valence-corrected chi connectivity index (χ2v) is 6.87. The molecule has 0 aromatic heterocycles. The summed E-state index contributed by atoms with van der Waals surface area (Å²) >= 11 is 0. The van der Waals surface area contributed by atoms with E-state index in [1.807, 2.05) is 0 Å². The Labute approximate surface area is 149 Å². The van der Waals surface area contributed by atoms with E-state index in [2.05, 4.69) is 26.0 Å². The summed E-state index contributed by atoms with van der Waals surface area (Å²) < 4.78 is 4.71. The van der Waals surface area contributed by atoms with Crippen molar-refractivity contribution in [3.8, 4) is 0 Å². The van der Waals surface area contributed by atoms with Gasteiger partial charge in [0.15, 0.2) is 0 Å². The molecule has 0 aliphatic carbocycles. The van der Waals surface area contributed by atoms with E-state index in [1.165, 1.54) is 70.6 Å². The Bertz CT molecular complexity index is 295. The third-order valence-corrected chi connectivity index (χ3v) is 4.15. The third-order valence-electron chi connectivity index (χ3n) is 4.15. The topological polar surface area (TPSA) is 49.8 Å². The first-order valence-corrected chi connectivity index (χ1v) is 10.1. The first kappa shape index (κ1) is 23.2. The molecule has 0 bridgehead atoms. The zero-order chi connectivity index (χ0) is 17.9. The minimum absolute atomic E-state index is 0.332. The molecule has 1 fully saturated rings. The summed E-state index contributed by atoms with van der Waals surface area (Å²) in [6.07, 6.45) is 21.8. The lowest BCUT2D eigenvalue weighted by atomic mass is 10.1. The molecule has 1 aliphatic heterocycles. The van der Waals surface area contributed by atoms with Crippen molar-refractivity contribution in [3.63, 3.8) is 0 Å². The van der Waals surface area contributed by atoms with Crippen LogP contribution < -0.4 is 0 Å². The highest BCUT2D eigenvalue weighted by Crippen LogP contribution is 2.09. The SMILES string of the molecule is CC1CO1.CCCCCCCC/C=C\CCCCCCCC(=O)O. The van der Waals surface area contributed by atoms with E-state index in [4.69, 9.17) is 9.84 Å². The number of carboxylic acids is 1. The van der Waals surface area contributed by atoms with Crippen LogP contribution in [-0.4, -0.2) is 23.8 Å². The second kappa shape index (κ2) is 18.5. The highest BCUT2D eigenvalue weighted by atomic mass is 16.6. The molecule has 0 aromatic rings. The van der Waals surface area contributed by atoms with Crippen molar-refractivity contribution in [2.45, 2.75) is 110 Å². The first-order valence-electron chi connectivity index (χ1n) is 10.1. The van der Waals surface area contributed by atoms with Crippen LogP contribution in [0.1, 0.15) is 104 Å². The molecule has 0 radical (unpaired) electrons. The number of ether oxygens (including phenoxy) is 1. The largest absolute Gasteiger partial charge is 0.481 e. The van der Waals surface area contributed by atoms with Gasteiger partial charge in [-0.05, 0) is 39.0 Å². The lowest BCUT2D eigenvalue weighted by Gasteiger charge is -1.99. The molecule has 0 aromatic carbocycles. The van der Waals surface area contributed by atoms with E-state index in [-0.39, 0.29) is 0 Å². The van der Waals surface area contributed by atoms with Crippen molar-refractivity contribution in [3.05, 3.63) is 12.2 Å². The molecule has 1 atom stereocenters. The van der Waals surface area contributed by atoms with E-state index >= 15 is 0 Å². The molecule has 0 spiro atoms. The van der Waals surface area contributed by atoms with Gasteiger partial charge >= 0.3 is 5.97 Å². The molecule has 0 saturated carbocycles. The van der Waals surface area contributed by atoms with Crippen LogP contribution in [0.5, 0.6) is 0 Å². The van der Waals surface area contributed by atoms with Crippen LogP contribution in [0.4, 0.5) is 0 Å². The van der Waals surface area contributed by atoms with Crippen molar-refractivity contribution in [2.75, 3.05) is 6.61 Å². The van der Waals surface area contributed by atoms with E-state index < -0.39 is 5.97 Å². The van der Waals surface area contributed by atoms with Gasteiger partial charge in [-0.1, -0.05) is 70.4 Å². The van der Waals surface area contributed by atoms with Crippen molar-refractivity contribution < 1.29 is 14.6 Å². The van der Waals surface area contributed by atoms with Gasteiger partial charge in [0.1, 0.15) is 0 Å². The highest BCUT2D eigenvalue weighted by molar-refractivity contribution is 5.66. The fourth-order valence-electron chi connectivity index (χ4n) is 2.44. The molecule has 3 nitrogen and oxygen atoms in total. The number of hydrogen-bond acceptors (Lipinski definition) is 2. The van der Waals surface area contributed by atoms with Crippen LogP contribution >= 0.6 is 0 Å². The molecule has 142 valence electrons. The third kappa shape index (κ3) is 23.4. The monoisotopic (exact) mass is 340 g/mol. The molecule has 0 amide bonds. The predicted octanol–water partition coefficient (Wildman–Crippen LogP) is 6.51. The Balaban J connectivity index is 0.00000114. The summed E-state index contributed by atoms with van der Waals surface area (Å²) in [5.41, 5.74) is 0. The lowest BCUT2D eigenvalue weighted by Crippen LogP contribution is -1.93. The molecule has 24 heavy (non-hydrogen) atoms. The van der Waals surface area contributed by atoms with E-state index in [0.29, 0.717) is 12.5 Å². The van der Waals surface area contributed by atoms with Crippen molar-refractivity contribution in [1.29, 1.82) is 0 Å². The van der Waals surface area contributed by atoms with E-state index in [9.17, 15) is 4.79 Å². The van der Waals surface area contributed by atoms with Gasteiger partial charge in [0.05, 0.1) is 12.7 Å². The minimum atomic E-state index is -0.664. The molecule has 1 heterocycles. The Hall–Kier alpha value is -0.830. The van der Waals surface area contributed by atoms with Crippen molar-refractivity contribution in [2.24, 2.45) is 0 Å². The van der Waals surface area contributed by atoms with Gasteiger partial charge in [-0.25, -0.2) is 0 Å². The summed E-state index contributed by atoms with van der Waals surface area (Å²) in [5.74, 6) is -0.664. The molecular formula is C21H40O3. The average Bonchev–Trinajstić information content (AvgIpc) is 3.34. The summed E-state index contributed by atoms with van der Waals surface area (Å²) in [7, 11) is 0. The maximum atomic E-state index is 10.3. The summed E-state index contributed by atoms with van der Waals surface area (Å²) in [6.45, 7) is 5.30. The Kier molecular flexibility index (Phi) is 17.9. The van der Waals surface area contributed by atoms with Gasteiger partial charge in [-0.2, -0.15) is 0 Å². The van der Waals surface area contributed by atoms with Crippen LogP contribution in [0, 0.1) is 0 Å². The van der Waals surface area contributed by atoms with Crippen LogP contribution in [0.2, 0.25) is 0 Å². The van der Waals surface area contributed by atoms with Gasteiger partial charge in [-0.3, -0.25) is 4.79 Å². The highest BCUT2D eigenvalue weighted by Gasteiger charge is 2.13. The van der Waals surface area contributed by atoms with Crippen LogP contribution in [-0.2, 0) is 9.53 Å². The standard InChI is InChI=1S/C18H34O2.C3H6O/c1-2-3-4-5-6-7-8-9-10-11-12-13-14-15-16-17-18(19)20;1-3-2-4-3/h9-10H,2-8,11-17H2,1H3,(H,19,20);3H,2H2,1H3/b10-9-;. The number of hydrogen-bond donors (Lipinski definition) is 1. The molecule has 1 unspecified atom stereocenters. The number of carboxylic acid groups (broad SMARTS) is 1. The number of aliphatic carboxylic acids is 1. The van der Waals surface area contributed by atoms with E-state index in [0.717, 1.165) is 19.4 Å². The lowest BCUT2D eigenvalue weighted by molar-refractivity contribution is -0.137. The molecular weight excluding hydrogens is 300 g/mol. The van der Waals surface area contributed by atoms with E-state index in [1.54, 1.807) is 0 Å².